The van der Waals surface area contributed by atoms with Crippen molar-refractivity contribution in [3.05, 3.63) is 46.0 Å². The molecule has 1 aromatic rings. The number of nitriles is 1. The Morgan fingerprint density at radius 2 is 2.06 bits per heavy atom. The van der Waals surface area contributed by atoms with Crippen molar-refractivity contribution < 1.29 is 4.92 Å². The largest absolute Gasteiger partial charge is 0.264 e. The van der Waals surface area contributed by atoms with E-state index in [0.29, 0.717) is 0 Å². The smallest absolute Gasteiger partial charge is 0.238 e. The number of hydrogen-bond acceptors (Lipinski definition) is 3. The molecule has 0 aliphatic carbocycles. The standard InChI is InChI=1S/C12H14N2O2/c1-10(9-13)12(2,14(15)16)8-11-6-4-3-5-7-11/h3-7,10H,8H2,1-2H3. The third-order valence-electron chi connectivity index (χ3n) is 2.95. The van der Waals surface area contributed by atoms with Crippen LogP contribution in [-0.2, 0) is 6.42 Å². The highest BCUT2D eigenvalue weighted by molar-refractivity contribution is 5.18. The first kappa shape index (κ1) is 12.2. The van der Waals surface area contributed by atoms with Crippen LogP contribution in [0.15, 0.2) is 30.3 Å². The molecule has 0 spiro atoms. The molecule has 0 aliphatic heterocycles. The minimum absolute atomic E-state index is 0.273. The molecule has 0 N–H and O–H groups in total. The second-order valence-electron chi connectivity index (χ2n) is 4.13. The summed E-state index contributed by atoms with van der Waals surface area (Å²) in [6, 6.07) is 11.2. The van der Waals surface area contributed by atoms with E-state index in [1.807, 2.05) is 36.4 Å². The SMILES string of the molecule is CC(C#N)C(C)(Cc1ccccc1)[N+](=O)[O-]. The van der Waals surface area contributed by atoms with Gasteiger partial charge in [-0.15, -0.1) is 0 Å². The van der Waals surface area contributed by atoms with E-state index in [1.54, 1.807) is 6.92 Å². The van der Waals surface area contributed by atoms with E-state index in [4.69, 9.17) is 5.26 Å². The maximum atomic E-state index is 11.1. The Labute approximate surface area is 94.7 Å². The zero-order chi connectivity index (χ0) is 12.2. The Bertz CT molecular complexity index is 411. The molecule has 1 aromatic carbocycles. The number of nitro groups is 1. The predicted octanol–water partition coefficient (Wildman–Crippen LogP) is 2.42. The number of hydrogen-bond donors (Lipinski definition) is 0. The molecular weight excluding hydrogens is 204 g/mol. The summed E-state index contributed by atoms with van der Waals surface area (Å²) in [5.74, 6) is -0.622. The lowest BCUT2D eigenvalue weighted by atomic mass is 9.83. The lowest BCUT2D eigenvalue weighted by Crippen LogP contribution is -2.43. The third kappa shape index (κ3) is 2.37. The van der Waals surface area contributed by atoms with E-state index in [9.17, 15) is 10.1 Å². The van der Waals surface area contributed by atoms with Gasteiger partial charge in [0.1, 0.15) is 5.92 Å². The van der Waals surface area contributed by atoms with Gasteiger partial charge in [0.05, 0.1) is 6.07 Å². The van der Waals surface area contributed by atoms with Crippen LogP contribution in [0.25, 0.3) is 0 Å². The van der Waals surface area contributed by atoms with Crippen LogP contribution >= 0.6 is 0 Å². The molecule has 0 aliphatic rings. The first-order valence-corrected chi connectivity index (χ1v) is 5.08. The van der Waals surface area contributed by atoms with E-state index in [0.717, 1.165) is 5.56 Å². The lowest BCUT2D eigenvalue weighted by Gasteiger charge is -2.23. The molecule has 4 nitrogen and oxygen atoms in total. The van der Waals surface area contributed by atoms with Gasteiger partial charge in [-0.1, -0.05) is 30.3 Å². The van der Waals surface area contributed by atoms with Crippen LogP contribution in [0.4, 0.5) is 0 Å². The molecule has 0 aromatic heterocycles. The summed E-state index contributed by atoms with van der Waals surface area (Å²) >= 11 is 0. The average Bonchev–Trinajstić information content (AvgIpc) is 2.28. The first-order valence-electron chi connectivity index (χ1n) is 5.08. The summed E-state index contributed by atoms with van der Waals surface area (Å²) in [6.45, 7) is 3.11. The quantitative estimate of drug-likeness (QED) is 0.575. The normalized spacial score (nSPS) is 15.8. The maximum Gasteiger partial charge on any atom is 0.238 e. The Morgan fingerprint density at radius 1 is 1.50 bits per heavy atom. The molecule has 16 heavy (non-hydrogen) atoms. The van der Waals surface area contributed by atoms with Gasteiger partial charge < -0.3 is 0 Å². The number of nitrogens with zero attached hydrogens (tertiary/aromatic N) is 2. The predicted molar refractivity (Wildman–Crippen MR) is 60.3 cm³/mol. The van der Waals surface area contributed by atoms with Crippen LogP contribution in [0.3, 0.4) is 0 Å². The van der Waals surface area contributed by atoms with Gasteiger partial charge in [0.15, 0.2) is 0 Å². The molecular formula is C12H14N2O2. The van der Waals surface area contributed by atoms with Crippen LogP contribution in [0.1, 0.15) is 19.4 Å². The Morgan fingerprint density at radius 3 is 2.50 bits per heavy atom. The summed E-state index contributed by atoms with van der Waals surface area (Å²) in [5.41, 5.74) is -0.348. The highest BCUT2D eigenvalue weighted by atomic mass is 16.6. The van der Waals surface area contributed by atoms with Crippen LogP contribution in [0, 0.1) is 27.4 Å². The minimum Gasteiger partial charge on any atom is -0.264 e. The molecule has 2 unspecified atom stereocenters. The van der Waals surface area contributed by atoms with Crippen LogP contribution in [0.5, 0.6) is 0 Å². The van der Waals surface area contributed by atoms with Crippen molar-refractivity contribution in [2.24, 2.45) is 5.92 Å². The van der Waals surface area contributed by atoms with Gasteiger partial charge in [-0.3, -0.25) is 10.1 Å². The van der Waals surface area contributed by atoms with Crippen molar-refractivity contribution in [2.75, 3.05) is 0 Å². The lowest BCUT2D eigenvalue weighted by molar-refractivity contribution is -0.572. The minimum atomic E-state index is -1.23. The van der Waals surface area contributed by atoms with Gasteiger partial charge in [-0.05, 0) is 12.5 Å². The highest BCUT2D eigenvalue weighted by Gasteiger charge is 2.43. The van der Waals surface area contributed by atoms with Crippen LogP contribution in [0.2, 0.25) is 0 Å². The Hall–Kier alpha value is -1.89. The van der Waals surface area contributed by atoms with Gasteiger partial charge in [0.2, 0.25) is 5.54 Å². The molecule has 4 heteroatoms. The zero-order valence-electron chi connectivity index (χ0n) is 9.38. The van der Waals surface area contributed by atoms with E-state index < -0.39 is 11.5 Å². The fraction of sp³-hybridized carbons (Fsp3) is 0.417. The van der Waals surface area contributed by atoms with Crippen molar-refractivity contribution in [1.82, 2.24) is 0 Å². The molecule has 0 saturated carbocycles. The maximum absolute atomic E-state index is 11.1. The van der Waals surface area contributed by atoms with Crippen LogP contribution < -0.4 is 0 Å². The molecule has 1 rings (SSSR count). The summed E-state index contributed by atoms with van der Waals surface area (Å²) in [5, 5.41) is 19.9. The van der Waals surface area contributed by atoms with Gasteiger partial charge >= 0.3 is 0 Å². The summed E-state index contributed by atoms with van der Waals surface area (Å²) in [4.78, 5) is 10.7. The van der Waals surface area contributed by atoms with Crippen LogP contribution in [-0.4, -0.2) is 10.5 Å². The Balaban J connectivity index is 2.98. The topological polar surface area (TPSA) is 66.9 Å². The first-order chi connectivity index (χ1) is 7.50. The van der Waals surface area contributed by atoms with Crippen molar-refractivity contribution >= 4 is 0 Å². The second kappa shape index (κ2) is 4.75. The van der Waals surface area contributed by atoms with Gasteiger partial charge in [-0.2, -0.15) is 5.26 Å². The number of benzene rings is 1. The summed E-state index contributed by atoms with van der Waals surface area (Å²) in [6.07, 6.45) is 0.273. The fourth-order valence-corrected chi connectivity index (χ4v) is 1.52. The number of rotatable bonds is 4. The van der Waals surface area contributed by atoms with E-state index in [1.165, 1.54) is 6.92 Å². The van der Waals surface area contributed by atoms with Crippen molar-refractivity contribution in [3.63, 3.8) is 0 Å². The van der Waals surface area contributed by atoms with Crippen molar-refractivity contribution in [2.45, 2.75) is 25.8 Å². The van der Waals surface area contributed by atoms with E-state index in [-0.39, 0.29) is 11.3 Å². The average molecular weight is 218 g/mol. The summed E-state index contributed by atoms with van der Waals surface area (Å²) < 4.78 is 0. The van der Waals surface area contributed by atoms with Crippen molar-refractivity contribution in [1.29, 1.82) is 5.26 Å². The van der Waals surface area contributed by atoms with Gasteiger partial charge in [0.25, 0.3) is 0 Å². The highest BCUT2D eigenvalue weighted by Crippen LogP contribution is 2.25. The summed E-state index contributed by atoms with van der Waals surface area (Å²) in [7, 11) is 0. The zero-order valence-corrected chi connectivity index (χ0v) is 9.38. The second-order valence-corrected chi connectivity index (χ2v) is 4.13. The molecule has 84 valence electrons. The Kier molecular flexibility index (Phi) is 3.62. The molecule has 0 fully saturated rings. The fourth-order valence-electron chi connectivity index (χ4n) is 1.52. The van der Waals surface area contributed by atoms with E-state index >= 15 is 0 Å². The molecule has 0 heterocycles. The van der Waals surface area contributed by atoms with Gasteiger partial charge in [0, 0.05) is 18.3 Å². The van der Waals surface area contributed by atoms with Gasteiger partial charge in [-0.25, -0.2) is 0 Å². The molecule has 0 saturated heterocycles. The van der Waals surface area contributed by atoms with Crippen molar-refractivity contribution in [3.8, 4) is 6.07 Å². The third-order valence-corrected chi connectivity index (χ3v) is 2.95. The van der Waals surface area contributed by atoms with E-state index in [2.05, 4.69) is 0 Å². The molecule has 0 radical (unpaired) electrons. The molecule has 0 amide bonds. The monoisotopic (exact) mass is 218 g/mol. The molecule has 2 atom stereocenters. The molecule has 0 bridgehead atoms.